The summed E-state index contributed by atoms with van der Waals surface area (Å²) < 4.78 is 10.6. The molecule has 0 aromatic heterocycles. The number of rotatable bonds is 10. The third-order valence-corrected chi connectivity index (χ3v) is 4.29. The second-order valence-electron chi connectivity index (χ2n) is 6.75. The predicted molar refractivity (Wildman–Crippen MR) is 121 cm³/mol. The Morgan fingerprint density at radius 3 is 1.24 bits per heavy atom. The first-order valence-electron chi connectivity index (χ1n) is 9.74. The van der Waals surface area contributed by atoms with Gasteiger partial charge in [0.25, 0.3) is 23.2 Å². The summed E-state index contributed by atoms with van der Waals surface area (Å²) in [5.41, 5.74) is 0.777. The van der Waals surface area contributed by atoms with E-state index in [2.05, 4.69) is 10.6 Å². The number of nitrogens with one attached hydrogen (secondary N) is 2. The first kappa shape index (κ1) is 23.7. The monoisotopic (exact) mass is 466 g/mol. The van der Waals surface area contributed by atoms with Gasteiger partial charge in [-0.1, -0.05) is 0 Å². The normalized spacial score (nSPS) is 10.1. The largest absolute Gasteiger partial charge is 0.484 e. The van der Waals surface area contributed by atoms with Crippen molar-refractivity contribution in [1.82, 2.24) is 0 Å². The van der Waals surface area contributed by atoms with Crippen LogP contribution in [0.5, 0.6) is 11.5 Å². The standard InChI is InChI=1S/C22H18N4O8/c27-21(13-33-19-9-5-17(6-10-19)25(29)30)23-15-1-2-16(4-3-15)24-22(28)14-34-20-11-7-18(8-12-20)26(31)32/h1-12H,13-14H2,(H,23,27)(H,24,28). The lowest BCUT2D eigenvalue weighted by molar-refractivity contribution is -0.385. The van der Waals surface area contributed by atoms with Gasteiger partial charge in [-0.05, 0) is 48.5 Å². The highest BCUT2D eigenvalue weighted by molar-refractivity contribution is 5.94. The molecule has 12 nitrogen and oxygen atoms in total. The lowest BCUT2D eigenvalue weighted by atomic mass is 10.2. The molecule has 34 heavy (non-hydrogen) atoms. The molecule has 0 unspecified atom stereocenters. The predicted octanol–water partition coefficient (Wildman–Crippen LogP) is 3.54. The number of nitro groups is 2. The summed E-state index contributed by atoms with van der Waals surface area (Å²) in [5.74, 6) is -0.247. The fourth-order valence-corrected chi connectivity index (χ4v) is 2.66. The van der Waals surface area contributed by atoms with Crippen LogP contribution >= 0.6 is 0 Å². The number of carbonyl (C=O) groups is 2. The van der Waals surface area contributed by atoms with Crippen LogP contribution < -0.4 is 20.1 Å². The zero-order chi connectivity index (χ0) is 24.5. The van der Waals surface area contributed by atoms with Crippen LogP contribution in [0.4, 0.5) is 22.7 Å². The second-order valence-corrected chi connectivity index (χ2v) is 6.75. The number of nitro benzene ring substituents is 2. The number of amides is 2. The van der Waals surface area contributed by atoms with Crippen molar-refractivity contribution >= 4 is 34.6 Å². The van der Waals surface area contributed by atoms with Crippen molar-refractivity contribution in [3.05, 3.63) is 93.0 Å². The van der Waals surface area contributed by atoms with Gasteiger partial charge in [-0.25, -0.2) is 0 Å². The molecular formula is C22H18N4O8. The van der Waals surface area contributed by atoms with Gasteiger partial charge in [0.1, 0.15) is 11.5 Å². The summed E-state index contributed by atoms with van der Waals surface area (Å²) >= 11 is 0. The van der Waals surface area contributed by atoms with Crippen LogP contribution in [0.25, 0.3) is 0 Å². The van der Waals surface area contributed by atoms with Gasteiger partial charge >= 0.3 is 0 Å². The summed E-state index contributed by atoms with van der Waals surface area (Å²) in [6.45, 7) is -0.591. The van der Waals surface area contributed by atoms with Gasteiger partial charge in [0.2, 0.25) is 0 Å². The summed E-state index contributed by atoms with van der Waals surface area (Å²) in [5, 5.41) is 26.5. The first-order chi connectivity index (χ1) is 16.3. The third kappa shape index (κ3) is 7.02. The SMILES string of the molecule is O=C(COc1ccc([N+](=O)[O-])cc1)Nc1ccc(NC(=O)COc2ccc([N+](=O)[O-])cc2)cc1. The number of non-ortho nitro benzene ring substituents is 2. The lowest BCUT2D eigenvalue weighted by Gasteiger charge is -2.10. The van der Waals surface area contributed by atoms with Crippen LogP contribution in [0.15, 0.2) is 72.8 Å². The Bertz CT molecular complexity index is 1080. The van der Waals surface area contributed by atoms with Gasteiger partial charge in [-0.15, -0.1) is 0 Å². The van der Waals surface area contributed by atoms with Crippen molar-refractivity contribution < 1.29 is 28.9 Å². The Kier molecular flexibility index (Phi) is 7.68. The van der Waals surface area contributed by atoms with E-state index in [9.17, 15) is 29.8 Å². The molecule has 0 atom stereocenters. The van der Waals surface area contributed by atoms with Gasteiger partial charge in [-0.3, -0.25) is 29.8 Å². The van der Waals surface area contributed by atoms with Crippen molar-refractivity contribution in [2.24, 2.45) is 0 Å². The molecule has 0 saturated carbocycles. The highest BCUT2D eigenvalue weighted by atomic mass is 16.6. The fraction of sp³-hybridized carbons (Fsp3) is 0.0909. The molecule has 0 spiro atoms. The van der Waals surface area contributed by atoms with Gasteiger partial charge < -0.3 is 20.1 Å². The van der Waals surface area contributed by atoms with E-state index in [1.165, 1.54) is 48.5 Å². The average molecular weight is 466 g/mol. The Morgan fingerprint density at radius 2 is 0.941 bits per heavy atom. The van der Waals surface area contributed by atoms with E-state index in [1.54, 1.807) is 24.3 Å². The van der Waals surface area contributed by atoms with E-state index in [0.29, 0.717) is 22.9 Å². The molecule has 0 aliphatic carbocycles. The van der Waals surface area contributed by atoms with Gasteiger partial charge in [0.15, 0.2) is 13.2 Å². The number of ether oxygens (including phenoxy) is 2. The number of hydrogen-bond donors (Lipinski definition) is 2. The number of carbonyl (C=O) groups excluding carboxylic acids is 2. The molecule has 0 bridgehead atoms. The van der Waals surface area contributed by atoms with Crippen LogP contribution in [0.1, 0.15) is 0 Å². The van der Waals surface area contributed by atoms with E-state index in [-0.39, 0.29) is 24.6 Å². The summed E-state index contributed by atoms with van der Waals surface area (Å²) in [6.07, 6.45) is 0. The van der Waals surface area contributed by atoms with Gasteiger partial charge in [-0.2, -0.15) is 0 Å². The van der Waals surface area contributed by atoms with E-state index in [1.807, 2.05) is 0 Å². The van der Waals surface area contributed by atoms with Crippen LogP contribution in [-0.2, 0) is 9.59 Å². The van der Waals surface area contributed by atoms with Crippen molar-refractivity contribution in [2.45, 2.75) is 0 Å². The molecule has 174 valence electrons. The molecule has 3 aromatic carbocycles. The second kappa shape index (κ2) is 11.0. The maximum Gasteiger partial charge on any atom is 0.269 e. The summed E-state index contributed by atoms with van der Waals surface area (Å²) in [6, 6.07) is 17.0. The number of benzene rings is 3. The first-order valence-corrected chi connectivity index (χ1v) is 9.74. The molecule has 0 radical (unpaired) electrons. The quantitative estimate of drug-likeness (QED) is 0.338. The minimum atomic E-state index is -0.533. The van der Waals surface area contributed by atoms with Crippen molar-refractivity contribution in [3.8, 4) is 11.5 Å². The van der Waals surface area contributed by atoms with Crippen LogP contribution in [0, 0.1) is 20.2 Å². The average Bonchev–Trinajstić information content (AvgIpc) is 2.83. The van der Waals surface area contributed by atoms with E-state index in [0.717, 1.165) is 0 Å². The zero-order valence-corrected chi connectivity index (χ0v) is 17.5. The molecule has 3 rings (SSSR count). The summed E-state index contributed by atoms with van der Waals surface area (Å²) in [7, 11) is 0. The van der Waals surface area contributed by atoms with E-state index >= 15 is 0 Å². The molecule has 0 aliphatic heterocycles. The minimum Gasteiger partial charge on any atom is -0.484 e. The maximum atomic E-state index is 12.0. The Morgan fingerprint density at radius 1 is 0.618 bits per heavy atom. The molecule has 3 aromatic rings. The number of hydrogen-bond acceptors (Lipinski definition) is 8. The van der Waals surface area contributed by atoms with Crippen molar-refractivity contribution in [3.63, 3.8) is 0 Å². The molecule has 0 heterocycles. The lowest BCUT2D eigenvalue weighted by Crippen LogP contribution is -2.21. The van der Waals surface area contributed by atoms with Crippen LogP contribution in [0.3, 0.4) is 0 Å². The Labute approximate surface area is 192 Å². The van der Waals surface area contributed by atoms with E-state index in [4.69, 9.17) is 9.47 Å². The molecule has 0 aliphatic rings. The summed E-state index contributed by atoms with van der Waals surface area (Å²) in [4.78, 5) is 44.3. The molecule has 2 amide bonds. The fourth-order valence-electron chi connectivity index (χ4n) is 2.66. The van der Waals surface area contributed by atoms with Gasteiger partial charge in [0, 0.05) is 35.6 Å². The van der Waals surface area contributed by atoms with Crippen molar-refractivity contribution in [2.75, 3.05) is 23.8 Å². The molecule has 12 heteroatoms. The maximum absolute atomic E-state index is 12.0. The van der Waals surface area contributed by atoms with Gasteiger partial charge in [0.05, 0.1) is 9.85 Å². The highest BCUT2D eigenvalue weighted by Gasteiger charge is 2.09. The topological polar surface area (TPSA) is 163 Å². The van der Waals surface area contributed by atoms with Crippen molar-refractivity contribution in [1.29, 1.82) is 0 Å². The Hall–Kier alpha value is -5.00. The minimum absolute atomic E-state index is 0.0816. The molecular weight excluding hydrogens is 448 g/mol. The highest BCUT2D eigenvalue weighted by Crippen LogP contribution is 2.19. The molecule has 2 N–H and O–H groups in total. The van der Waals surface area contributed by atoms with E-state index < -0.39 is 21.7 Å². The number of anilines is 2. The molecule has 0 saturated heterocycles. The third-order valence-electron chi connectivity index (χ3n) is 4.29. The van der Waals surface area contributed by atoms with Crippen LogP contribution in [-0.4, -0.2) is 34.9 Å². The van der Waals surface area contributed by atoms with Crippen LogP contribution in [0.2, 0.25) is 0 Å². The Balaban J connectivity index is 1.42. The zero-order valence-electron chi connectivity index (χ0n) is 17.5. The smallest absolute Gasteiger partial charge is 0.269 e. The number of nitrogens with zero attached hydrogens (tertiary/aromatic N) is 2. The molecule has 0 fully saturated rings.